The van der Waals surface area contributed by atoms with Gasteiger partial charge in [-0.05, 0) is 48.6 Å². The normalized spacial score (nSPS) is 12.0. The molecule has 0 aliphatic heterocycles. The maximum absolute atomic E-state index is 12.9. The number of aromatic nitrogens is 3. The van der Waals surface area contributed by atoms with E-state index in [-0.39, 0.29) is 23.5 Å². The molecule has 3 aromatic rings. The van der Waals surface area contributed by atoms with Gasteiger partial charge in [-0.1, -0.05) is 73.9 Å². The molecule has 35 heavy (non-hydrogen) atoms. The van der Waals surface area contributed by atoms with Crippen LogP contribution in [0.25, 0.3) is 0 Å². The van der Waals surface area contributed by atoms with E-state index in [9.17, 15) is 9.59 Å². The van der Waals surface area contributed by atoms with Gasteiger partial charge in [0.15, 0.2) is 11.0 Å². The topological polar surface area (TPSA) is 88.9 Å². The van der Waals surface area contributed by atoms with Gasteiger partial charge in [0, 0.05) is 18.3 Å². The number of rotatable bonds is 9. The summed E-state index contributed by atoms with van der Waals surface area (Å²) in [4.78, 5) is 25.5. The van der Waals surface area contributed by atoms with Crippen LogP contribution in [-0.2, 0) is 18.3 Å². The van der Waals surface area contributed by atoms with Crippen molar-refractivity contribution in [2.24, 2.45) is 13.0 Å². The Morgan fingerprint density at radius 3 is 2.51 bits per heavy atom. The number of hydrogen-bond donors (Lipinski definition) is 2. The first kappa shape index (κ1) is 27.0. The van der Waals surface area contributed by atoms with Gasteiger partial charge in [0.1, 0.15) is 0 Å². The molecule has 10 heteroatoms. The zero-order chi connectivity index (χ0) is 25.7. The Kier molecular flexibility index (Phi) is 9.21. The lowest BCUT2D eigenvalue weighted by atomic mass is 10.0. The first-order chi connectivity index (χ1) is 16.6. The van der Waals surface area contributed by atoms with Gasteiger partial charge in [-0.2, -0.15) is 0 Å². The standard InChI is InChI=1S/C25H29Cl2N5O2S/c1-6-16-9-7-8-15(4)22(16)28-20(33)13-35-25-31-30-23(32(25)5)21(14(2)3)29-24(34)17-10-11-18(26)19(27)12-17/h7-12,14,21H,6,13H2,1-5H3,(H,28,33)(H,29,34)/t21-/m1/s1. The first-order valence-electron chi connectivity index (χ1n) is 11.3. The van der Waals surface area contributed by atoms with Crippen LogP contribution in [0.4, 0.5) is 5.69 Å². The van der Waals surface area contributed by atoms with Crippen LogP contribution in [0, 0.1) is 12.8 Å². The number of carbonyl (C=O) groups is 2. The van der Waals surface area contributed by atoms with Crippen LogP contribution in [-0.4, -0.2) is 32.3 Å². The van der Waals surface area contributed by atoms with Gasteiger partial charge in [0.2, 0.25) is 5.91 Å². The second kappa shape index (κ2) is 11.9. The third kappa shape index (κ3) is 6.57. The van der Waals surface area contributed by atoms with Crippen molar-refractivity contribution in [3.05, 3.63) is 69.0 Å². The molecule has 0 saturated heterocycles. The number of hydrogen-bond acceptors (Lipinski definition) is 5. The van der Waals surface area contributed by atoms with Crippen molar-refractivity contribution in [3.63, 3.8) is 0 Å². The lowest BCUT2D eigenvalue weighted by molar-refractivity contribution is -0.113. The molecule has 2 aromatic carbocycles. The largest absolute Gasteiger partial charge is 0.342 e. The minimum atomic E-state index is -0.392. The molecule has 186 valence electrons. The quantitative estimate of drug-likeness (QED) is 0.336. The van der Waals surface area contributed by atoms with E-state index >= 15 is 0 Å². The average Bonchev–Trinajstić information content (AvgIpc) is 3.18. The Labute approximate surface area is 220 Å². The van der Waals surface area contributed by atoms with Gasteiger partial charge in [-0.3, -0.25) is 9.59 Å². The van der Waals surface area contributed by atoms with Gasteiger partial charge in [0.05, 0.1) is 21.8 Å². The number of thioether (sulfide) groups is 1. The fourth-order valence-electron chi connectivity index (χ4n) is 3.62. The summed E-state index contributed by atoms with van der Waals surface area (Å²) >= 11 is 13.3. The molecule has 2 amide bonds. The van der Waals surface area contributed by atoms with Gasteiger partial charge in [-0.25, -0.2) is 0 Å². The number of halogens is 2. The summed E-state index contributed by atoms with van der Waals surface area (Å²) in [6, 6.07) is 10.3. The maximum Gasteiger partial charge on any atom is 0.251 e. The van der Waals surface area contributed by atoms with Crippen LogP contribution >= 0.6 is 35.0 Å². The predicted molar refractivity (Wildman–Crippen MR) is 142 cm³/mol. The van der Waals surface area contributed by atoms with Crippen molar-refractivity contribution in [2.45, 2.75) is 45.3 Å². The van der Waals surface area contributed by atoms with Crippen molar-refractivity contribution in [3.8, 4) is 0 Å². The van der Waals surface area contributed by atoms with Crippen LogP contribution in [0.15, 0.2) is 41.6 Å². The van der Waals surface area contributed by atoms with Crippen LogP contribution in [0.3, 0.4) is 0 Å². The molecule has 0 radical (unpaired) electrons. The zero-order valence-corrected chi connectivity index (χ0v) is 22.7. The molecule has 3 rings (SSSR count). The molecular formula is C25H29Cl2N5O2S. The van der Waals surface area contributed by atoms with Crippen molar-refractivity contribution < 1.29 is 9.59 Å². The number of amides is 2. The van der Waals surface area contributed by atoms with E-state index in [1.54, 1.807) is 12.1 Å². The summed E-state index contributed by atoms with van der Waals surface area (Å²) in [5.74, 6) is 0.425. The molecule has 1 atom stereocenters. The summed E-state index contributed by atoms with van der Waals surface area (Å²) in [5.41, 5.74) is 3.40. The fourth-order valence-corrected chi connectivity index (χ4v) is 4.64. The van der Waals surface area contributed by atoms with Crippen LogP contribution in [0.1, 0.15) is 54.1 Å². The Bertz CT molecular complexity index is 1230. The molecule has 0 fully saturated rings. The van der Waals surface area contributed by atoms with E-state index in [0.717, 1.165) is 23.2 Å². The monoisotopic (exact) mass is 533 g/mol. The lowest BCUT2D eigenvalue weighted by Gasteiger charge is -2.22. The fraction of sp³-hybridized carbons (Fsp3) is 0.360. The number of nitrogens with zero attached hydrogens (tertiary/aromatic N) is 3. The molecule has 1 heterocycles. The molecule has 2 N–H and O–H groups in total. The van der Waals surface area contributed by atoms with Gasteiger partial charge >= 0.3 is 0 Å². The number of para-hydroxylation sites is 1. The highest BCUT2D eigenvalue weighted by Gasteiger charge is 2.25. The molecule has 1 aromatic heterocycles. The third-order valence-corrected chi connectivity index (χ3v) is 7.38. The number of benzene rings is 2. The smallest absolute Gasteiger partial charge is 0.251 e. The summed E-state index contributed by atoms with van der Waals surface area (Å²) in [5, 5.41) is 15.9. The van der Waals surface area contributed by atoms with E-state index in [1.165, 1.54) is 17.8 Å². The number of aryl methyl sites for hydroxylation is 2. The van der Waals surface area contributed by atoms with Crippen molar-refractivity contribution in [2.75, 3.05) is 11.1 Å². The minimum Gasteiger partial charge on any atom is -0.342 e. The number of nitrogens with one attached hydrogen (secondary N) is 2. The molecule has 0 unspecified atom stereocenters. The van der Waals surface area contributed by atoms with E-state index in [2.05, 4.69) is 27.8 Å². The Hall–Kier alpha value is -2.55. The SMILES string of the molecule is CCc1cccc(C)c1NC(=O)CSc1nnc([C@H](NC(=O)c2ccc(Cl)c(Cl)c2)C(C)C)n1C. The van der Waals surface area contributed by atoms with Crippen molar-refractivity contribution in [1.82, 2.24) is 20.1 Å². The molecule has 7 nitrogen and oxygen atoms in total. The average molecular weight is 535 g/mol. The predicted octanol–water partition coefficient (Wildman–Crippen LogP) is 5.85. The van der Waals surface area contributed by atoms with Gasteiger partial charge in [0.25, 0.3) is 5.91 Å². The highest BCUT2D eigenvalue weighted by molar-refractivity contribution is 7.99. The second-order valence-electron chi connectivity index (χ2n) is 8.52. The zero-order valence-electron chi connectivity index (χ0n) is 20.4. The van der Waals surface area contributed by atoms with Gasteiger partial charge in [-0.15, -0.1) is 10.2 Å². The minimum absolute atomic E-state index is 0.0410. The molecule has 0 aliphatic rings. The van der Waals surface area contributed by atoms with E-state index in [1.807, 2.05) is 50.6 Å². The number of carbonyl (C=O) groups excluding carboxylic acids is 2. The van der Waals surface area contributed by atoms with E-state index < -0.39 is 6.04 Å². The first-order valence-corrected chi connectivity index (χ1v) is 13.0. The van der Waals surface area contributed by atoms with Crippen molar-refractivity contribution >= 4 is 52.5 Å². The maximum atomic E-state index is 12.9. The molecule has 0 saturated carbocycles. The van der Waals surface area contributed by atoms with Crippen molar-refractivity contribution in [1.29, 1.82) is 0 Å². The molecule has 0 aliphatic carbocycles. The van der Waals surface area contributed by atoms with Crippen LogP contribution < -0.4 is 10.6 Å². The van der Waals surface area contributed by atoms with E-state index in [4.69, 9.17) is 23.2 Å². The molecular weight excluding hydrogens is 505 g/mol. The Morgan fingerprint density at radius 2 is 1.86 bits per heavy atom. The number of anilines is 1. The summed E-state index contributed by atoms with van der Waals surface area (Å²) in [6.07, 6.45) is 0.835. The van der Waals surface area contributed by atoms with Crippen LogP contribution in [0.2, 0.25) is 10.0 Å². The van der Waals surface area contributed by atoms with E-state index in [0.29, 0.717) is 26.6 Å². The molecule has 0 spiro atoms. The Morgan fingerprint density at radius 1 is 1.11 bits per heavy atom. The Balaban J connectivity index is 1.70. The van der Waals surface area contributed by atoms with Crippen LogP contribution in [0.5, 0.6) is 0 Å². The lowest BCUT2D eigenvalue weighted by Crippen LogP contribution is -2.33. The third-order valence-electron chi connectivity index (χ3n) is 5.62. The highest BCUT2D eigenvalue weighted by Crippen LogP contribution is 2.27. The summed E-state index contributed by atoms with van der Waals surface area (Å²) in [6.45, 7) is 8.02. The van der Waals surface area contributed by atoms with Gasteiger partial charge < -0.3 is 15.2 Å². The molecule has 0 bridgehead atoms. The summed E-state index contributed by atoms with van der Waals surface area (Å²) < 4.78 is 1.81. The second-order valence-corrected chi connectivity index (χ2v) is 10.3. The highest BCUT2D eigenvalue weighted by atomic mass is 35.5. The summed E-state index contributed by atoms with van der Waals surface area (Å²) in [7, 11) is 1.83.